The van der Waals surface area contributed by atoms with Crippen LogP contribution in [0.15, 0.2) is 91.0 Å². The molecule has 6 rings (SSSR count). The minimum absolute atomic E-state index is 1.19. The number of rotatable bonds is 1. The topological polar surface area (TPSA) is 9.86 Å². The second kappa shape index (κ2) is 5.60. The number of nitrogens with zero attached hydrogens (tertiary/aromatic N) is 2. The first-order valence-electron chi connectivity index (χ1n) is 9.01. The summed E-state index contributed by atoms with van der Waals surface area (Å²) in [5.41, 5.74) is 6.20. The van der Waals surface area contributed by atoms with Gasteiger partial charge in [0.05, 0.1) is 44.9 Å². The van der Waals surface area contributed by atoms with Gasteiger partial charge in [-0.2, -0.15) is 0 Å². The van der Waals surface area contributed by atoms with Gasteiger partial charge in [-0.1, -0.05) is 54.6 Å². The van der Waals surface area contributed by atoms with Crippen LogP contribution in [0.5, 0.6) is 0 Å². The van der Waals surface area contributed by atoms with E-state index in [1.54, 1.807) is 0 Å². The maximum Gasteiger partial charge on any atom is 0.0646 e. The molecule has 0 aliphatic carbocycles. The van der Waals surface area contributed by atoms with Gasteiger partial charge in [0.25, 0.3) is 0 Å². The molecule has 6 aromatic rings. The molecule has 128 valence electrons. The Labute approximate surface area is 170 Å². The lowest BCUT2D eigenvalue weighted by molar-refractivity contribution is 1.18. The van der Waals surface area contributed by atoms with Crippen LogP contribution in [-0.2, 0) is 0 Å². The average molecular weight is 458 g/mol. The Balaban J connectivity index is 1.87. The van der Waals surface area contributed by atoms with Crippen LogP contribution in [0, 0.1) is 0 Å². The second-order valence-corrected chi connectivity index (χ2v) is 7.84. The van der Waals surface area contributed by atoms with Gasteiger partial charge < -0.3 is 4.57 Å². The van der Waals surface area contributed by atoms with Gasteiger partial charge in [-0.05, 0) is 36.4 Å². The lowest BCUT2D eigenvalue weighted by atomic mass is 10.1. The largest absolute Gasteiger partial charge is 0.309 e. The third-order valence-corrected chi connectivity index (χ3v) is 6.46. The third-order valence-electron chi connectivity index (χ3n) is 5.42. The molecule has 0 spiro atoms. The Kier molecular flexibility index (Phi) is 3.17. The summed E-state index contributed by atoms with van der Waals surface area (Å²) in [5, 5.41) is 5.21. The molecular formula is C24H15IN2. The molecule has 2 nitrogen and oxygen atoms in total. The van der Waals surface area contributed by atoms with Gasteiger partial charge in [0.2, 0.25) is 0 Å². The number of aromatic nitrogens is 2. The summed E-state index contributed by atoms with van der Waals surface area (Å²) in [6.45, 7) is 0. The number of benzene rings is 4. The van der Waals surface area contributed by atoms with Gasteiger partial charge in [0.15, 0.2) is 0 Å². The van der Waals surface area contributed by atoms with Crippen molar-refractivity contribution in [1.29, 1.82) is 0 Å². The van der Waals surface area contributed by atoms with Crippen molar-refractivity contribution in [1.82, 2.24) is 7.35 Å². The van der Waals surface area contributed by atoms with Gasteiger partial charge in [-0.15, -0.1) is 0 Å². The van der Waals surface area contributed by atoms with E-state index in [0.29, 0.717) is 0 Å². The molecule has 0 radical (unpaired) electrons. The molecule has 2 heterocycles. The fourth-order valence-electron chi connectivity index (χ4n) is 4.24. The van der Waals surface area contributed by atoms with E-state index in [9.17, 15) is 0 Å². The molecule has 2 aromatic heterocycles. The molecule has 0 aliphatic heterocycles. The van der Waals surface area contributed by atoms with Crippen LogP contribution >= 0.6 is 22.9 Å². The highest BCUT2D eigenvalue weighted by Gasteiger charge is 2.16. The Hall–Kier alpha value is -2.79. The van der Waals surface area contributed by atoms with Crippen molar-refractivity contribution in [2.24, 2.45) is 0 Å². The number of halogens is 1. The summed E-state index contributed by atoms with van der Waals surface area (Å²) in [7, 11) is 0. The van der Waals surface area contributed by atoms with Crippen molar-refractivity contribution < 1.29 is 0 Å². The number of hydrogen-bond acceptors (Lipinski definition) is 0. The maximum absolute atomic E-state index is 2.42. The van der Waals surface area contributed by atoms with E-state index >= 15 is 0 Å². The molecule has 0 unspecified atom stereocenters. The minimum Gasteiger partial charge on any atom is -0.309 e. The fourth-order valence-corrected chi connectivity index (χ4v) is 5.06. The molecule has 0 fully saturated rings. The predicted molar refractivity (Wildman–Crippen MR) is 123 cm³/mol. The summed E-state index contributed by atoms with van der Waals surface area (Å²) in [4.78, 5) is 0. The highest BCUT2D eigenvalue weighted by Crippen LogP contribution is 2.38. The van der Waals surface area contributed by atoms with Gasteiger partial charge in [-0.3, -0.25) is 2.78 Å². The van der Waals surface area contributed by atoms with Crippen molar-refractivity contribution in [2.45, 2.75) is 0 Å². The summed E-state index contributed by atoms with van der Waals surface area (Å²) in [5.74, 6) is 0. The van der Waals surface area contributed by atoms with Crippen molar-refractivity contribution in [3.8, 4) is 5.69 Å². The quantitative estimate of drug-likeness (QED) is 0.233. The summed E-state index contributed by atoms with van der Waals surface area (Å²) < 4.78 is 4.65. The van der Waals surface area contributed by atoms with Crippen LogP contribution < -0.4 is 0 Å². The summed E-state index contributed by atoms with van der Waals surface area (Å²) in [6, 6.07) is 32.6. The van der Waals surface area contributed by atoms with E-state index < -0.39 is 0 Å². The Bertz CT molecular complexity index is 1470. The molecular weight excluding hydrogens is 443 g/mol. The van der Waals surface area contributed by atoms with E-state index in [1.165, 1.54) is 49.3 Å². The number of para-hydroxylation sites is 3. The van der Waals surface area contributed by atoms with Crippen molar-refractivity contribution in [2.75, 3.05) is 0 Å². The third kappa shape index (κ3) is 2.06. The number of fused-ring (bicyclic) bond motifs is 6. The molecule has 0 amide bonds. The van der Waals surface area contributed by atoms with Crippen molar-refractivity contribution in [3.63, 3.8) is 0 Å². The molecule has 0 bridgehead atoms. The Morgan fingerprint density at radius 2 is 1.07 bits per heavy atom. The zero-order valence-electron chi connectivity index (χ0n) is 14.4. The monoisotopic (exact) mass is 458 g/mol. The molecule has 3 heteroatoms. The van der Waals surface area contributed by atoms with Crippen LogP contribution in [0.4, 0.5) is 0 Å². The zero-order chi connectivity index (χ0) is 18.0. The summed E-state index contributed by atoms with van der Waals surface area (Å²) in [6.07, 6.45) is 0. The van der Waals surface area contributed by atoms with Gasteiger partial charge >= 0.3 is 0 Å². The fraction of sp³-hybridized carbons (Fsp3) is 0. The van der Waals surface area contributed by atoms with E-state index in [1.807, 2.05) is 0 Å². The molecule has 27 heavy (non-hydrogen) atoms. The first kappa shape index (κ1) is 15.3. The van der Waals surface area contributed by atoms with Crippen molar-refractivity contribution in [3.05, 3.63) is 91.0 Å². The lowest BCUT2D eigenvalue weighted by Crippen LogP contribution is -1.93. The second-order valence-electron chi connectivity index (χ2n) is 6.87. The van der Waals surface area contributed by atoms with E-state index in [0.717, 1.165) is 0 Å². The molecule has 4 aromatic carbocycles. The van der Waals surface area contributed by atoms with E-state index in [-0.39, 0.29) is 0 Å². The maximum atomic E-state index is 2.42. The standard InChI is InChI=1S/C24H15IN2/c25-27-22-13-7-5-11-18(22)20-14-19-17-10-4-6-12-21(17)26(23(19)15-24(20)27)16-8-2-1-3-9-16/h1-15H. The Morgan fingerprint density at radius 3 is 1.85 bits per heavy atom. The smallest absolute Gasteiger partial charge is 0.0646 e. The van der Waals surface area contributed by atoms with E-state index in [2.05, 4.69) is 121 Å². The number of hydrogen-bond donors (Lipinski definition) is 0. The van der Waals surface area contributed by atoms with Crippen LogP contribution in [0.2, 0.25) is 0 Å². The minimum atomic E-state index is 1.19. The SMILES string of the molecule is In1c2ccccc2c2cc3c4ccccc4n(-c4ccccc4)c3cc21. The van der Waals surface area contributed by atoms with Crippen LogP contribution in [0.3, 0.4) is 0 Å². The van der Waals surface area contributed by atoms with E-state index in [4.69, 9.17) is 0 Å². The average Bonchev–Trinajstić information content (AvgIpc) is 3.20. The molecule has 0 atom stereocenters. The first-order chi connectivity index (χ1) is 13.3. The van der Waals surface area contributed by atoms with Gasteiger partial charge in [0, 0.05) is 27.2 Å². The first-order valence-corrected chi connectivity index (χ1v) is 9.97. The molecule has 0 aliphatic rings. The highest BCUT2D eigenvalue weighted by atomic mass is 127. The normalized spacial score (nSPS) is 11.9. The van der Waals surface area contributed by atoms with Crippen LogP contribution in [0.25, 0.3) is 49.3 Å². The molecule has 0 saturated carbocycles. The van der Waals surface area contributed by atoms with Crippen molar-refractivity contribution >= 4 is 66.5 Å². The lowest BCUT2D eigenvalue weighted by Gasteiger charge is -2.07. The molecule has 0 N–H and O–H groups in total. The summed E-state index contributed by atoms with van der Waals surface area (Å²) >= 11 is 2.42. The van der Waals surface area contributed by atoms with Gasteiger partial charge in [0.1, 0.15) is 0 Å². The zero-order valence-corrected chi connectivity index (χ0v) is 16.6. The highest BCUT2D eigenvalue weighted by molar-refractivity contribution is 14.1. The van der Waals surface area contributed by atoms with Gasteiger partial charge in [-0.25, -0.2) is 0 Å². The van der Waals surface area contributed by atoms with Crippen LogP contribution in [0.1, 0.15) is 0 Å². The Morgan fingerprint density at radius 1 is 0.481 bits per heavy atom. The molecule has 0 saturated heterocycles. The van der Waals surface area contributed by atoms with Crippen LogP contribution in [-0.4, -0.2) is 7.35 Å². The predicted octanol–water partition coefficient (Wildman–Crippen LogP) is 7.09.